The molecule has 2 aromatic rings. The Bertz CT molecular complexity index is 875. The first-order valence-electron chi connectivity index (χ1n) is 9.34. The number of rotatable bonds is 6. The molecular weight excluding hydrogens is 366 g/mol. The van der Waals surface area contributed by atoms with Crippen LogP contribution in [0.15, 0.2) is 46.3 Å². The van der Waals surface area contributed by atoms with Crippen LogP contribution in [0.2, 0.25) is 0 Å². The number of nitrogens with two attached hydrogens (primary N) is 1. The van der Waals surface area contributed by atoms with Crippen molar-refractivity contribution in [2.24, 2.45) is 10.7 Å². The molecule has 0 radical (unpaired) electrons. The van der Waals surface area contributed by atoms with E-state index in [4.69, 9.17) is 5.73 Å². The van der Waals surface area contributed by atoms with Crippen LogP contribution >= 0.6 is 0 Å². The van der Waals surface area contributed by atoms with Crippen LogP contribution in [0.1, 0.15) is 49.3 Å². The zero-order chi connectivity index (χ0) is 20.1. The zero-order valence-electron chi connectivity index (χ0n) is 15.4. The summed E-state index contributed by atoms with van der Waals surface area (Å²) < 4.78 is 25.2. The van der Waals surface area contributed by atoms with Gasteiger partial charge in [0.05, 0.1) is 11.4 Å². The Morgan fingerprint density at radius 2 is 1.86 bits per heavy atom. The van der Waals surface area contributed by atoms with Gasteiger partial charge in [0.25, 0.3) is 12.0 Å². The quantitative estimate of drug-likeness (QED) is 0.448. The number of nitrogens with one attached hydrogen (secondary N) is 2. The summed E-state index contributed by atoms with van der Waals surface area (Å²) in [4.78, 5) is 19.2. The van der Waals surface area contributed by atoms with Crippen LogP contribution in [-0.2, 0) is 0 Å². The standard InChI is InChI=1S/C20H24F2N4O2/c21-18(22)17(27)12-6-8-14(9-7-12)26-19(23)16-15(10-11-24-20(16)28)25-13-4-2-1-3-5-13/h6-11,13,17-18,27H,1-5H2,(H2,23,26)(H2,24,25,28). The number of aliphatic hydroxyl groups is 1. The first kappa shape index (κ1) is 20.0. The van der Waals surface area contributed by atoms with E-state index in [1.54, 1.807) is 12.3 Å². The van der Waals surface area contributed by atoms with Crippen molar-refractivity contribution in [2.75, 3.05) is 5.32 Å². The van der Waals surface area contributed by atoms with Crippen LogP contribution in [0.25, 0.3) is 0 Å². The Hall–Kier alpha value is -2.74. The van der Waals surface area contributed by atoms with Crippen LogP contribution in [0.3, 0.4) is 0 Å². The maximum Gasteiger partial charge on any atom is 0.268 e. The van der Waals surface area contributed by atoms with Gasteiger partial charge < -0.3 is 21.1 Å². The summed E-state index contributed by atoms with van der Waals surface area (Å²) in [5.41, 5.74) is 7.11. The van der Waals surface area contributed by atoms with E-state index < -0.39 is 12.5 Å². The molecule has 5 N–H and O–H groups in total. The molecule has 150 valence electrons. The minimum Gasteiger partial charge on any atom is -0.383 e. The lowest BCUT2D eigenvalue weighted by molar-refractivity contribution is -0.00577. The van der Waals surface area contributed by atoms with Gasteiger partial charge in [0.15, 0.2) is 0 Å². The highest BCUT2D eigenvalue weighted by atomic mass is 19.3. The fourth-order valence-corrected chi connectivity index (χ4v) is 3.41. The molecule has 0 saturated heterocycles. The highest BCUT2D eigenvalue weighted by Crippen LogP contribution is 2.25. The lowest BCUT2D eigenvalue weighted by Crippen LogP contribution is -2.29. The number of aromatic nitrogens is 1. The maximum absolute atomic E-state index is 12.6. The van der Waals surface area contributed by atoms with E-state index in [0.29, 0.717) is 11.4 Å². The molecular formula is C20H24F2N4O2. The predicted molar refractivity (Wildman–Crippen MR) is 105 cm³/mol. The largest absolute Gasteiger partial charge is 0.383 e. The van der Waals surface area contributed by atoms with Gasteiger partial charge in [-0.3, -0.25) is 4.79 Å². The normalized spacial score (nSPS) is 16.9. The van der Waals surface area contributed by atoms with Crippen LogP contribution in [-0.4, -0.2) is 28.4 Å². The Labute approximate surface area is 161 Å². The molecule has 28 heavy (non-hydrogen) atoms. The fraction of sp³-hybridized carbons (Fsp3) is 0.400. The number of aliphatic imine (C=N–C) groups is 1. The molecule has 1 aliphatic carbocycles. The highest BCUT2D eigenvalue weighted by molar-refractivity contribution is 6.03. The number of H-pyrrole nitrogens is 1. The zero-order valence-corrected chi connectivity index (χ0v) is 15.4. The summed E-state index contributed by atoms with van der Waals surface area (Å²) in [6.45, 7) is 0. The van der Waals surface area contributed by atoms with Gasteiger partial charge in [0.2, 0.25) is 0 Å². The van der Waals surface area contributed by atoms with Crippen molar-refractivity contribution in [2.45, 2.75) is 50.7 Å². The van der Waals surface area contributed by atoms with Crippen LogP contribution in [0, 0.1) is 0 Å². The summed E-state index contributed by atoms with van der Waals surface area (Å²) >= 11 is 0. The number of alkyl halides is 2. The molecule has 1 aromatic heterocycles. The first-order chi connectivity index (χ1) is 13.5. The van der Waals surface area contributed by atoms with E-state index >= 15 is 0 Å². The van der Waals surface area contributed by atoms with Gasteiger partial charge in [-0.25, -0.2) is 13.8 Å². The molecule has 1 atom stereocenters. The van der Waals surface area contributed by atoms with Crippen molar-refractivity contribution in [3.05, 3.63) is 58.0 Å². The van der Waals surface area contributed by atoms with E-state index in [1.807, 2.05) is 0 Å². The number of anilines is 1. The van der Waals surface area contributed by atoms with Gasteiger partial charge in [-0.15, -0.1) is 0 Å². The third-order valence-corrected chi connectivity index (χ3v) is 4.90. The number of hydrogen-bond acceptors (Lipinski definition) is 4. The Morgan fingerprint density at radius 1 is 1.18 bits per heavy atom. The topological polar surface area (TPSA) is 104 Å². The molecule has 0 spiro atoms. The maximum atomic E-state index is 12.6. The fourth-order valence-electron chi connectivity index (χ4n) is 3.41. The second-order valence-electron chi connectivity index (χ2n) is 6.94. The predicted octanol–water partition coefficient (Wildman–Crippen LogP) is 3.46. The van der Waals surface area contributed by atoms with Gasteiger partial charge in [-0.2, -0.15) is 0 Å². The second-order valence-corrected chi connectivity index (χ2v) is 6.94. The molecule has 0 amide bonds. The highest BCUT2D eigenvalue weighted by Gasteiger charge is 2.19. The molecule has 1 fully saturated rings. The monoisotopic (exact) mass is 390 g/mol. The van der Waals surface area contributed by atoms with Crippen molar-refractivity contribution in [3.8, 4) is 0 Å². The van der Waals surface area contributed by atoms with Crippen molar-refractivity contribution < 1.29 is 13.9 Å². The van der Waals surface area contributed by atoms with E-state index in [-0.39, 0.29) is 28.6 Å². The van der Waals surface area contributed by atoms with Crippen LogP contribution < -0.4 is 16.6 Å². The minimum absolute atomic E-state index is 0.0299. The molecule has 0 bridgehead atoms. The molecule has 1 aliphatic rings. The minimum atomic E-state index is -2.87. The van der Waals surface area contributed by atoms with Crippen molar-refractivity contribution in [1.82, 2.24) is 4.98 Å². The summed E-state index contributed by atoms with van der Waals surface area (Å²) in [6.07, 6.45) is 2.45. The van der Waals surface area contributed by atoms with Crippen LogP contribution in [0.4, 0.5) is 20.2 Å². The number of aromatic amines is 1. The Morgan fingerprint density at radius 3 is 2.50 bits per heavy atom. The van der Waals surface area contributed by atoms with E-state index in [9.17, 15) is 18.7 Å². The average Bonchev–Trinajstić information content (AvgIpc) is 2.68. The SMILES string of the molecule is NC(=Nc1ccc(C(O)C(F)F)cc1)c1c(NC2CCCCC2)cc[nH]c1=O. The van der Waals surface area contributed by atoms with Gasteiger partial charge in [0.1, 0.15) is 17.5 Å². The summed E-state index contributed by atoms with van der Waals surface area (Å²) in [7, 11) is 0. The lowest BCUT2D eigenvalue weighted by Gasteiger charge is -2.24. The van der Waals surface area contributed by atoms with E-state index in [2.05, 4.69) is 15.3 Å². The van der Waals surface area contributed by atoms with Crippen LogP contribution in [0.5, 0.6) is 0 Å². The molecule has 3 rings (SSSR count). The molecule has 1 aromatic carbocycles. The summed E-state index contributed by atoms with van der Waals surface area (Å²) in [5, 5.41) is 12.8. The third kappa shape index (κ3) is 4.75. The number of amidine groups is 1. The number of benzene rings is 1. The summed E-state index contributed by atoms with van der Waals surface area (Å²) in [6, 6.07) is 7.71. The number of hydrogen-bond donors (Lipinski definition) is 4. The van der Waals surface area contributed by atoms with Gasteiger partial charge in [0, 0.05) is 12.2 Å². The number of pyridine rings is 1. The third-order valence-electron chi connectivity index (χ3n) is 4.90. The smallest absolute Gasteiger partial charge is 0.268 e. The molecule has 8 heteroatoms. The second kappa shape index (κ2) is 8.97. The first-order valence-corrected chi connectivity index (χ1v) is 9.34. The molecule has 6 nitrogen and oxygen atoms in total. The molecule has 0 aliphatic heterocycles. The van der Waals surface area contributed by atoms with Gasteiger partial charge in [-0.1, -0.05) is 31.4 Å². The number of halogens is 2. The van der Waals surface area contributed by atoms with Crippen molar-refractivity contribution in [3.63, 3.8) is 0 Å². The number of aliphatic hydroxyl groups excluding tert-OH is 1. The summed E-state index contributed by atoms with van der Waals surface area (Å²) in [5.74, 6) is 0.0299. The Kier molecular flexibility index (Phi) is 6.41. The average molecular weight is 390 g/mol. The molecule has 1 heterocycles. The van der Waals surface area contributed by atoms with E-state index in [0.717, 1.165) is 25.7 Å². The molecule has 1 saturated carbocycles. The van der Waals surface area contributed by atoms with Crippen molar-refractivity contribution in [1.29, 1.82) is 0 Å². The molecule has 1 unspecified atom stereocenters. The van der Waals surface area contributed by atoms with E-state index in [1.165, 1.54) is 30.7 Å². The Balaban J connectivity index is 1.85. The lowest BCUT2D eigenvalue weighted by atomic mass is 9.95. The van der Waals surface area contributed by atoms with Gasteiger partial charge >= 0.3 is 0 Å². The van der Waals surface area contributed by atoms with Gasteiger partial charge in [-0.05, 0) is 36.6 Å². The van der Waals surface area contributed by atoms with Crippen molar-refractivity contribution >= 4 is 17.2 Å². The number of nitrogens with zero attached hydrogens (tertiary/aromatic N) is 1.